The molecule has 2 N–H and O–H groups in total. The molecule has 2 aromatic carbocycles. The number of rotatable bonds is 4. The van der Waals surface area contributed by atoms with Crippen LogP contribution in [0.15, 0.2) is 46.9 Å². The van der Waals surface area contributed by atoms with Gasteiger partial charge >= 0.3 is 0 Å². The summed E-state index contributed by atoms with van der Waals surface area (Å²) in [6.45, 7) is 2.10. The van der Waals surface area contributed by atoms with E-state index >= 15 is 0 Å². The molecular weight excluding hydrogens is 326 g/mol. The molecule has 0 aliphatic rings. The Morgan fingerprint density at radius 3 is 2.74 bits per heavy atom. The first-order valence-electron chi connectivity index (χ1n) is 6.01. The minimum absolute atomic E-state index is 0.0446. The molecule has 0 bridgehead atoms. The highest BCUT2D eigenvalue weighted by Gasteiger charge is 2.10. The first kappa shape index (κ1) is 14.4. The minimum Gasteiger partial charge on any atom is -0.392 e. The van der Waals surface area contributed by atoms with Crippen molar-refractivity contribution in [2.24, 2.45) is 0 Å². The van der Waals surface area contributed by atoms with Gasteiger partial charge in [0.05, 0.1) is 6.61 Å². The van der Waals surface area contributed by atoms with Gasteiger partial charge in [0.1, 0.15) is 0 Å². The summed E-state index contributed by atoms with van der Waals surface area (Å²) in [6.07, 6.45) is 0. The molecule has 19 heavy (non-hydrogen) atoms. The number of aliphatic hydroxyl groups excluding tert-OH is 1. The SMILES string of the molecule is CC(Nc1cccc(CO)c1)c1ccc(Br)cc1Cl. The maximum absolute atomic E-state index is 9.13. The Kier molecular flexibility index (Phi) is 4.86. The zero-order valence-corrected chi connectivity index (χ0v) is 12.9. The maximum atomic E-state index is 9.13. The number of aliphatic hydroxyl groups is 1. The van der Waals surface area contributed by atoms with Crippen LogP contribution in [0.1, 0.15) is 24.1 Å². The fourth-order valence-electron chi connectivity index (χ4n) is 1.94. The van der Waals surface area contributed by atoms with Crippen molar-refractivity contribution < 1.29 is 5.11 Å². The fraction of sp³-hybridized carbons (Fsp3) is 0.200. The van der Waals surface area contributed by atoms with Crippen molar-refractivity contribution >= 4 is 33.2 Å². The van der Waals surface area contributed by atoms with Gasteiger partial charge in [0, 0.05) is 21.2 Å². The lowest BCUT2D eigenvalue weighted by atomic mass is 10.1. The van der Waals surface area contributed by atoms with Crippen molar-refractivity contribution in [2.75, 3.05) is 5.32 Å². The molecule has 0 saturated carbocycles. The number of hydrogen-bond acceptors (Lipinski definition) is 2. The Balaban J connectivity index is 2.17. The number of benzene rings is 2. The topological polar surface area (TPSA) is 32.3 Å². The molecule has 2 aromatic rings. The van der Waals surface area contributed by atoms with Crippen LogP contribution in [0, 0.1) is 0 Å². The van der Waals surface area contributed by atoms with E-state index in [2.05, 4.69) is 28.2 Å². The second-order valence-electron chi connectivity index (χ2n) is 4.39. The first-order valence-corrected chi connectivity index (χ1v) is 7.18. The molecule has 2 rings (SSSR count). The van der Waals surface area contributed by atoms with Crippen LogP contribution in [0.5, 0.6) is 0 Å². The van der Waals surface area contributed by atoms with Crippen LogP contribution in [0.2, 0.25) is 5.02 Å². The average molecular weight is 341 g/mol. The van der Waals surface area contributed by atoms with Crippen LogP contribution >= 0.6 is 27.5 Å². The van der Waals surface area contributed by atoms with Crippen LogP contribution in [-0.4, -0.2) is 5.11 Å². The predicted molar refractivity (Wildman–Crippen MR) is 83.6 cm³/mol. The lowest BCUT2D eigenvalue weighted by Crippen LogP contribution is -2.07. The number of hydrogen-bond donors (Lipinski definition) is 2. The zero-order valence-electron chi connectivity index (χ0n) is 10.5. The molecule has 0 heterocycles. The van der Waals surface area contributed by atoms with E-state index in [4.69, 9.17) is 16.7 Å². The zero-order chi connectivity index (χ0) is 13.8. The summed E-state index contributed by atoms with van der Waals surface area (Å²) in [4.78, 5) is 0. The summed E-state index contributed by atoms with van der Waals surface area (Å²) in [5.74, 6) is 0. The number of nitrogens with one attached hydrogen (secondary N) is 1. The Labute approximate surface area is 126 Å². The lowest BCUT2D eigenvalue weighted by molar-refractivity contribution is 0.282. The summed E-state index contributed by atoms with van der Waals surface area (Å²) >= 11 is 9.64. The fourth-order valence-corrected chi connectivity index (χ4v) is 2.78. The molecule has 0 saturated heterocycles. The van der Waals surface area contributed by atoms with Gasteiger partial charge in [-0.3, -0.25) is 0 Å². The molecule has 0 fully saturated rings. The van der Waals surface area contributed by atoms with E-state index in [1.54, 1.807) is 0 Å². The van der Waals surface area contributed by atoms with E-state index in [-0.39, 0.29) is 12.6 Å². The van der Waals surface area contributed by atoms with E-state index in [0.29, 0.717) is 0 Å². The highest BCUT2D eigenvalue weighted by molar-refractivity contribution is 9.10. The third-order valence-corrected chi connectivity index (χ3v) is 3.74. The van der Waals surface area contributed by atoms with Crippen molar-refractivity contribution in [3.05, 3.63) is 63.1 Å². The standard InChI is InChI=1S/C15H15BrClNO/c1-10(14-6-5-12(16)8-15(14)17)18-13-4-2-3-11(7-13)9-19/h2-8,10,18-19H,9H2,1H3. The quantitative estimate of drug-likeness (QED) is 0.840. The van der Waals surface area contributed by atoms with E-state index < -0.39 is 0 Å². The van der Waals surface area contributed by atoms with Crippen LogP contribution in [0.3, 0.4) is 0 Å². The van der Waals surface area contributed by atoms with Gasteiger partial charge in [-0.15, -0.1) is 0 Å². The second kappa shape index (κ2) is 6.42. The van der Waals surface area contributed by atoms with Gasteiger partial charge in [0.25, 0.3) is 0 Å². The van der Waals surface area contributed by atoms with Gasteiger partial charge in [0.15, 0.2) is 0 Å². The summed E-state index contributed by atoms with van der Waals surface area (Å²) in [5.41, 5.74) is 2.90. The van der Waals surface area contributed by atoms with Crippen LogP contribution in [-0.2, 0) is 6.61 Å². The summed E-state index contributed by atoms with van der Waals surface area (Å²) < 4.78 is 0.968. The highest BCUT2D eigenvalue weighted by atomic mass is 79.9. The monoisotopic (exact) mass is 339 g/mol. The van der Waals surface area contributed by atoms with Crippen LogP contribution in [0.25, 0.3) is 0 Å². The smallest absolute Gasteiger partial charge is 0.0682 e. The maximum Gasteiger partial charge on any atom is 0.0682 e. The van der Waals surface area contributed by atoms with Crippen LogP contribution in [0.4, 0.5) is 5.69 Å². The van der Waals surface area contributed by atoms with E-state index in [0.717, 1.165) is 26.3 Å². The number of anilines is 1. The lowest BCUT2D eigenvalue weighted by Gasteiger charge is -2.17. The highest BCUT2D eigenvalue weighted by Crippen LogP contribution is 2.28. The molecule has 0 aliphatic carbocycles. The molecule has 1 atom stereocenters. The largest absolute Gasteiger partial charge is 0.392 e. The Morgan fingerprint density at radius 2 is 2.05 bits per heavy atom. The van der Waals surface area contributed by atoms with Gasteiger partial charge in [-0.2, -0.15) is 0 Å². The minimum atomic E-state index is 0.0446. The Morgan fingerprint density at radius 1 is 1.26 bits per heavy atom. The molecule has 100 valence electrons. The first-order chi connectivity index (χ1) is 9.10. The molecule has 0 spiro atoms. The van der Waals surface area contributed by atoms with E-state index in [1.165, 1.54) is 0 Å². The third-order valence-electron chi connectivity index (χ3n) is 2.92. The number of halogens is 2. The molecule has 1 unspecified atom stereocenters. The van der Waals surface area contributed by atoms with Gasteiger partial charge < -0.3 is 10.4 Å². The third kappa shape index (κ3) is 3.72. The molecule has 4 heteroatoms. The molecule has 0 aliphatic heterocycles. The Bertz CT molecular complexity index is 574. The normalized spacial score (nSPS) is 12.2. The van der Waals surface area contributed by atoms with Gasteiger partial charge in [-0.25, -0.2) is 0 Å². The van der Waals surface area contributed by atoms with Gasteiger partial charge in [0.2, 0.25) is 0 Å². The van der Waals surface area contributed by atoms with Crippen LogP contribution < -0.4 is 5.32 Å². The Hall–Kier alpha value is -1.03. The summed E-state index contributed by atoms with van der Waals surface area (Å²) in [7, 11) is 0. The summed E-state index contributed by atoms with van der Waals surface area (Å²) in [6, 6.07) is 13.7. The van der Waals surface area contributed by atoms with E-state index in [9.17, 15) is 0 Å². The predicted octanol–water partition coefficient (Wildman–Crippen LogP) is 4.77. The van der Waals surface area contributed by atoms with E-state index in [1.807, 2.05) is 42.5 Å². The molecular formula is C15H15BrClNO. The molecule has 2 nitrogen and oxygen atoms in total. The van der Waals surface area contributed by atoms with Gasteiger partial charge in [-0.05, 0) is 42.3 Å². The summed E-state index contributed by atoms with van der Waals surface area (Å²) in [5, 5.41) is 13.2. The van der Waals surface area contributed by atoms with Crippen molar-refractivity contribution in [3.63, 3.8) is 0 Å². The van der Waals surface area contributed by atoms with Gasteiger partial charge in [-0.1, -0.05) is 45.7 Å². The second-order valence-corrected chi connectivity index (χ2v) is 5.71. The van der Waals surface area contributed by atoms with Crippen molar-refractivity contribution in [1.82, 2.24) is 0 Å². The molecule has 0 aromatic heterocycles. The van der Waals surface area contributed by atoms with Crippen molar-refractivity contribution in [3.8, 4) is 0 Å². The van der Waals surface area contributed by atoms with Crippen molar-refractivity contribution in [1.29, 1.82) is 0 Å². The molecule has 0 amide bonds. The van der Waals surface area contributed by atoms with Crippen molar-refractivity contribution in [2.45, 2.75) is 19.6 Å². The molecule has 0 radical (unpaired) electrons. The average Bonchev–Trinajstić information content (AvgIpc) is 2.38.